The molecule has 1 aromatic rings. The van der Waals surface area contributed by atoms with Gasteiger partial charge in [-0.25, -0.2) is 0 Å². The highest BCUT2D eigenvalue weighted by atomic mass is 35.5. The molecule has 1 aliphatic carbocycles. The molecule has 0 radical (unpaired) electrons. The van der Waals surface area contributed by atoms with Gasteiger partial charge in [-0.3, -0.25) is 0 Å². The molecule has 2 unspecified atom stereocenters. The number of aliphatic hydroxyl groups is 1. The van der Waals surface area contributed by atoms with E-state index in [1.165, 1.54) is 0 Å². The van der Waals surface area contributed by atoms with Gasteiger partial charge in [0.15, 0.2) is 0 Å². The molecule has 1 fully saturated rings. The van der Waals surface area contributed by atoms with Gasteiger partial charge in [-0.2, -0.15) is 0 Å². The summed E-state index contributed by atoms with van der Waals surface area (Å²) in [6, 6.07) is 5.57. The lowest BCUT2D eigenvalue weighted by atomic mass is 9.92. The molecule has 0 heterocycles. The van der Waals surface area contributed by atoms with Gasteiger partial charge in [-0.1, -0.05) is 11.6 Å². The van der Waals surface area contributed by atoms with Gasteiger partial charge in [0.05, 0.1) is 12.7 Å². The van der Waals surface area contributed by atoms with Crippen molar-refractivity contribution in [3.05, 3.63) is 28.8 Å². The lowest BCUT2D eigenvalue weighted by molar-refractivity contribution is 0.0463. The van der Waals surface area contributed by atoms with Gasteiger partial charge in [0, 0.05) is 17.5 Å². The Morgan fingerprint density at radius 3 is 2.94 bits per heavy atom. The number of nitrogens with two attached hydrogens (primary N) is 1. The lowest BCUT2D eigenvalue weighted by Gasteiger charge is -2.23. The Kier molecular flexibility index (Phi) is 3.61. The third-order valence-corrected chi connectivity index (χ3v) is 3.62. The molecule has 4 heteroatoms. The van der Waals surface area contributed by atoms with Gasteiger partial charge in [0.25, 0.3) is 0 Å². The van der Waals surface area contributed by atoms with E-state index in [0.717, 1.165) is 24.2 Å². The number of methoxy groups -OCH3 is 1. The Balaban J connectivity index is 2.20. The fourth-order valence-corrected chi connectivity index (χ4v) is 2.74. The summed E-state index contributed by atoms with van der Waals surface area (Å²) in [5.41, 5.74) is 6.08. The Morgan fingerprint density at radius 2 is 2.35 bits per heavy atom. The molecule has 3 nitrogen and oxygen atoms in total. The van der Waals surface area contributed by atoms with Gasteiger partial charge in [-0.05, 0) is 43.0 Å². The minimum absolute atomic E-state index is 0.102. The van der Waals surface area contributed by atoms with Gasteiger partial charge in [-0.15, -0.1) is 0 Å². The van der Waals surface area contributed by atoms with Gasteiger partial charge >= 0.3 is 0 Å². The fraction of sp³-hybridized carbons (Fsp3) is 0.538. The van der Waals surface area contributed by atoms with Crippen LogP contribution in [0.25, 0.3) is 0 Å². The summed E-state index contributed by atoms with van der Waals surface area (Å²) in [7, 11) is 1.62. The van der Waals surface area contributed by atoms with E-state index >= 15 is 0 Å². The second-order valence-corrected chi connectivity index (χ2v) is 5.30. The largest absolute Gasteiger partial charge is 0.496 e. The number of hydrogen-bond acceptors (Lipinski definition) is 3. The molecule has 0 aliphatic heterocycles. The normalized spacial score (nSPS) is 28.4. The van der Waals surface area contributed by atoms with Crippen LogP contribution in [0.3, 0.4) is 0 Å². The molecule has 17 heavy (non-hydrogen) atoms. The van der Waals surface area contributed by atoms with Crippen LogP contribution in [0, 0.1) is 0 Å². The van der Waals surface area contributed by atoms with Crippen LogP contribution in [0.4, 0.5) is 0 Å². The molecule has 3 N–H and O–H groups in total. The standard InChI is InChI=1S/C13H18ClNO2/c1-17-12-3-2-10(14)6-9(12)7-13(16)5-4-11(15)8-13/h2-3,6,11,16H,4-5,7-8,15H2,1H3. The minimum Gasteiger partial charge on any atom is -0.496 e. The quantitative estimate of drug-likeness (QED) is 0.870. The van der Waals surface area contributed by atoms with E-state index in [1.54, 1.807) is 13.2 Å². The molecule has 0 amide bonds. The molecule has 2 rings (SSSR count). The average Bonchev–Trinajstić information content (AvgIpc) is 2.59. The predicted octanol–water partition coefficient (Wildman–Crippen LogP) is 2.13. The molecule has 0 saturated heterocycles. The van der Waals surface area contributed by atoms with Crippen molar-refractivity contribution >= 4 is 11.6 Å². The van der Waals surface area contributed by atoms with Crippen molar-refractivity contribution in [3.63, 3.8) is 0 Å². The van der Waals surface area contributed by atoms with Crippen molar-refractivity contribution in [2.45, 2.75) is 37.3 Å². The maximum absolute atomic E-state index is 10.4. The number of halogens is 1. The van der Waals surface area contributed by atoms with Crippen LogP contribution in [0.15, 0.2) is 18.2 Å². The SMILES string of the molecule is COc1ccc(Cl)cc1CC1(O)CCC(N)C1. The average molecular weight is 256 g/mol. The van der Waals surface area contributed by atoms with Gasteiger partial charge in [0.2, 0.25) is 0 Å². The Bertz CT molecular complexity index is 410. The minimum atomic E-state index is -0.711. The van der Waals surface area contributed by atoms with Crippen LogP contribution in [0.5, 0.6) is 5.75 Å². The molecule has 1 aliphatic rings. The smallest absolute Gasteiger partial charge is 0.122 e. The van der Waals surface area contributed by atoms with Crippen LogP contribution in [0.1, 0.15) is 24.8 Å². The maximum Gasteiger partial charge on any atom is 0.122 e. The monoisotopic (exact) mass is 255 g/mol. The van der Waals surface area contributed by atoms with E-state index in [0.29, 0.717) is 17.9 Å². The van der Waals surface area contributed by atoms with Crippen LogP contribution >= 0.6 is 11.6 Å². The molecule has 1 saturated carbocycles. The Morgan fingerprint density at radius 1 is 1.59 bits per heavy atom. The van der Waals surface area contributed by atoms with Gasteiger partial charge in [0.1, 0.15) is 5.75 Å². The number of ether oxygens (including phenoxy) is 1. The maximum atomic E-state index is 10.4. The first-order valence-corrected chi connectivity index (χ1v) is 6.21. The number of hydrogen-bond donors (Lipinski definition) is 2. The van der Waals surface area contributed by atoms with Crippen molar-refractivity contribution < 1.29 is 9.84 Å². The lowest BCUT2D eigenvalue weighted by Crippen LogP contribution is -2.30. The summed E-state index contributed by atoms with van der Waals surface area (Å²) < 4.78 is 5.28. The van der Waals surface area contributed by atoms with Crippen molar-refractivity contribution in [3.8, 4) is 5.75 Å². The van der Waals surface area contributed by atoms with E-state index in [4.69, 9.17) is 22.1 Å². The summed E-state index contributed by atoms with van der Waals surface area (Å²) in [5.74, 6) is 0.767. The van der Waals surface area contributed by atoms with E-state index in [1.807, 2.05) is 12.1 Å². The molecule has 0 spiro atoms. The first kappa shape index (κ1) is 12.7. The van der Waals surface area contributed by atoms with Crippen molar-refractivity contribution in [1.29, 1.82) is 0 Å². The van der Waals surface area contributed by atoms with E-state index in [-0.39, 0.29) is 6.04 Å². The Hall–Kier alpha value is -0.770. The molecule has 1 aromatic carbocycles. The summed E-state index contributed by atoms with van der Waals surface area (Å²) in [5, 5.41) is 11.1. The van der Waals surface area contributed by atoms with E-state index < -0.39 is 5.60 Å². The molecule has 94 valence electrons. The third-order valence-electron chi connectivity index (χ3n) is 3.38. The van der Waals surface area contributed by atoms with Crippen LogP contribution in [-0.4, -0.2) is 23.9 Å². The molecular formula is C13H18ClNO2. The van der Waals surface area contributed by atoms with Crippen molar-refractivity contribution in [2.24, 2.45) is 5.73 Å². The summed E-state index contributed by atoms with van der Waals surface area (Å²) >= 11 is 5.97. The molecular weight excluding hydrogens is 238 g/mol. The summed E-state index contributed by atoms with van der Waals surface area (Å²) in [6.45, 7) is 0. The highest BCUT2D eigenvalue weighted by Crippen LogP contribution is 2.35. The first-order valence-electron chi connectivity index (χ1n) is 5.83. The van der Waals surface area contributed by atoms with Crippen molar-refractivity contribution in [2.75, 3.05) is 7.11 Å². The molecule has 2 atom stereocenters. The second-order valence-electron chi connectivity index (χ2n) is 4.86. The number of rotatable bonds is 3. The zero-order chi connectivity index (χ0) is 12.5. The van der Waals surface area contributed by atoms with Crippen LogP contribution < -0.4 is 10.5 Å². The predicted molar refractivity (Wildman–Crippen MR) is 68.5 cm³/mol. The summed E-state index contributed by atoms with van der Waals surface area (Å²) in [6.07, 6.45) is 2.80. The highest BCUT2D eigenvalue weighted by molar-refractivity contribution is 6.30. The topological polar surface area (TPSA) is 55.5 Å². The van der Waals surface area contributed by atoms with E-state index in [9.17, 15) is 5.11 Å². The van der Waals surface area contributed by atoms with E-state index in [2.05, 4.69) is 0 Å². The fourth-order valence-electron chi connectivity index (χ4n) is 2.55. The Labute approximate surface area is 107 Å². The van der Waals surface area contributed by atoms with Crippen LogP contribution in [0.2, 0.25) is 5.02 Å². The second kappa shape index (κ2) is 4.84. The molecule has 0 bridgehead atoms. The van der Waals surface area contributed by atoms with Gasteiger partial charge < -0.3 is 15.6 Å². The molecule has 0 aromatic heterocycles. The third kappa shape index (κ3) is 2.92. The highest BCUT2D eigenvalue weighted by Gasteiger charge is 2.36. The number of benzene rings is 1. The zero-order valence-corrected chi connectivity index (χ0v) is 10.7. The summed E-state index contributed by atoms with van der Waals surface area (Å²) in [4.78, 5) is 0. The van der Waals surface area contributed by atoms with Crippen LogP contribution in [-0.2, 0) is 6.42 Å². The zero-order valence-electron chi connectivity index (χ0n) is 9.95. The van der Waals surface area contributed by atoms with Crippen molar-refractivity contribution in [1.82, 2.24) is 0 Å². The first-order chi connectivity index (χ1) is 8.02.